The molecule has 2 heteroatoms. The first-order valence-corrected chi connectivity index (χ1v) is 20.6. The first-order chi connectivity index (χ1) is 29.7. The lowest BCUT2D eigenvalue weighted by atomic mass is 9.91. The number of furan rings is 1. The van der Waals surface area contributed by atoms with E-state index in [0.717, 1.165) is 50.1 Å². The molecule has 0 aliphatic heterocycles. The van der Waals surface area contributed by atoms with Crippen LogP contribution < -0.4 is 4.90 Å². The second kappa shape index (κ2) is 13.9. The molecule has 0 saturated heterocycles. The molecule has 0 N–H and O–H groups in total. The van der Waals surface area contributed by atoms with E-state index in [1.807, 2.05) is 6.07 Å². The molecule has 60 heavy (non-hydrogen) atoms. The number of benzene rings is 11. The number of hydrogen-bond donors (Lipinski definition) is 0. The lowest BCUT2D eigenvalue weighted by Crippen LogP contribution is -2.09. The predicted molar refractivity (Wildman–Crippen MR) is 255 cm³/mol. The van der Waals surface area contributed by atoms with Gasteiger partial charge in [0.15, 0.2) is 0 Å². The Balaban J connectivity index is 0.932. The number of rotatable bonds is 6. The highest BCUT2D eigenvalue weighted by Gasteiger charge is 2.18. The van der Waals surface area contributed by atoms with Crippen LogP contribution in [-0.4, -0.2) is 0 Å². The molecule has 280 valence electrons. The van der Waals surface area contributed by atoms with Crippen LogP contribution in [0.3, 0.4) is 0 Å². The van der Waals surface area contributed by atoms with Crippen molar-refractivity contribution in [1.82, 2.24) is 0 Å². The highest BCUT2D eigenvalue weighted by molar-refractivity contribution is 6.23. The van der Waals surface area contributed by atoms with E-state index in [9.17, 15) is 0 Å². The van der Waals surface area contributed by atoms with Crippen molar-refractivity contribution < 1.29 is 4.42 Å². The van der Waals surface area contributed by atoms with Crippen molar-refractivity contribution in [2.24, 2.45) is 0 Å². The van der Waals surface area contributed by atoms with E-state index in [1.165, 1.54) is 65.3 Å². The summed E-state index contributed by atoms with van der Waals surface area (Å²) in [4.78, 5) is 2.33. The summed E-state index contributed by atoms with van der Waals surface area (Å²) >= 11 is 0. The summed E-state index contributed by atoms with van der Waals surface area (Å²) in [5.41, 5.74) is 12.2. The molecule has 0 aliphatic carbocycles. The highest BCUT2D eigenvalue weighted by Crippen LogP contribution is 2.43. The molecule has 11 aromatic carbocycles. The fraction of sp³-hybridized carbons (Fsp3) is 0. The maximum Gasteiger partial charge on any atom is 0.136 e. The number of fused-ring (bicyclic) bond motifs is 9. The van der Waals surface area contributed by atoms with E-state index in [1.54, 1.807) is 0 Å². The molecule has 0 unspecified atom stereocenters. The van der Waals surface area contributed by atoms with Crippen LogP contribution >= 0.6 is 0 Å². The van der Waals surface area contributed by atoms with Crippen LogP contribution in [-0.2, 0) is 0 Å². The maximum absolute atomic E-state index is 6.54. The molecule has 0 fully saturated rings. The van der Waals surface area contributed by atoms with Gasteiger partial charge in [-0.1, -0.05) is 158 Å². The number of nitrogens with zero attached hydrogens (tertiary/aromatic N) is 1. The Labute approximate surface area is 347 Å². The third-order valence-corrected chi connectivity index (χ3v) is 12.2. The zero-order chi connectivity index (χ0) is 39.6. The standard InChI is InChI=1S/C58H37NO/c1-2-13-47(14-3-1)59(48-29-24-39(25-30-48)44-22-21-42-20-19-41-11-6-7-15-50(41)53(42)35-44)49-31-26-40(27-32-49)45-28-33-51-54(46-23-18-38-10-4-5-12-43(38)34-46)37-57-58(55(51)36-45)52-16-8-9-17-56(52)60-57/h1-37H. The summed E-state index contributed by atoms with van der Waals surface area (Å²) in [5.74, 6) is 0. The van der Waals surface area contributed by atoms with Gasteiger partial charge in [-0.25, -0.2) is 0 Å². The molecule has 12 aromatic rings. The number of anilines is 3. The van der Waals surface area contributed by atoms with Gasteiger partial charge in [0.1, 0.15) is 11.2 Å². The zero-order valence-electron chi connectivity index (χ0n) is 32.7. The Bertz CT molecular complexity index is 3580. The molecular formula is C58H37NO. The Morgan fingerprint density at radius 3 is 1.53 bits per heavy atom. The van der Waals surface area contributed by atoms with Gasteiger partial charge in [-0.05, 0) is 143 Å². The summed E-state index contributed by atoms with van der Waals surface area (Å²) in [7, 11) is 0. The highest BCUT2D eigenvalue weighted by atomic mass is 16.3. The molecule has 0 amide bonds. The van der Waals surface area contributed by atoms with Crippen molar-refractivity contribution in [3.8, 4) is 33.4 Å². The molecule has 0 radical (unpaired) electrons. The minimum absolute atomic E-state index is 0.901. The van der Waals surface area contributed by atoms with Gasteiger partial charge in [0.2, 0.25) is 0 Å². The minimum Gasteiger partial charge on any atom is -0.456 e. The first kappa shape index (κ1) is 34.1. The van der Waals surface area contributed by atoms with Gasteiger partial charge >= 0.3 is 0 Å². The summed E-state index contributed by atoms with van der Waals surface area (Å²) in [6.45, 7) is 0. The fourth-order valence-electron chi connectivity index (χ4n) is 9.23. The van der Waals surface area contributed by atoms with Gasteiger partial charge in [0.05, 0.1) is 0 Å². The SMILES string of the molecule is c1ccc(N(c2ccc(-c3ccc4ccc5ccccc5c4c3)cc2)c2ccc(-c3ccc4c(-c5ccc6ccccc6c5)cc5oc6ccccc6c5c4c3)cc2)cc1. The molecule has 12 rings (SSSR count). The summed E-state index contributed by atoms with van der Waals surface area (Å²) in [5, 5.41) is 12.2. The van der Waals surface area contributed by atoms with Crippen LogP contribution in [0.15, 0.2) is 229 Å². The van der Waals surface area contributed by atoms with Crippen molar-refractivity contribution in [2.45, 2.75) is 0 Å². The second-order valence-corrected chi connectivity index (χ2v) is 15.7. The first-order valence-electron chi connectivity index (χ1n) is 20.6. The van der Waals surface area contributed by atoms with E-state index in [0.29, 0.717) is 0 Å². The average Bonchev–Trinajstić information content (AvgIpc) is 3.70. The molecule has 2 nitrogen and oxygen atoms in total. The average molecular weight is 764 g/mol. The van der Waals surface area contributed by atoms with Crippen LogP contribution in [0.4, 0.5) is 17.1 Å². The summed E-state index contributed by atoms with van der Waals surface area (Å²) in [6, 6.07) is 81.2. The fourth-order valence-corrected chi connectivity index (χ4v) is 9.23. The molecule has 1 aromatic heterocycles. The lowest BCUT2D eigenvalue weighted by molar-refractivity contribution is 0.669. The molecule has 1 heterocycles. The Kier molecular flexibility index (Phi) is 7.89. The van der Waals surface area contributed by atoms with Gasteiger partial charge in [0.25, 0.3) is 0 Å². The van der Waals surface area contributed by atoms with E-state index >= 15 is 0 Å². The molecule has 0 saturated carbocycles. The monoisotopic (exact) mass is 763 g/mol. The molecule has 0 spiro atoms. The van der Waals surface area contributed by atoms with Crippen molar-refractivity contribution in [3.63, 3.8) is 0 Å². The largest absolute Gasteiger partial charge is 0.456 e. The normalized spacial score (nSPS) is 11.7. The van der Waals surface area contributed by atoms with E-state index in [4.69, 9.17) is 4.42 Å². The quantitative estimate of drug-likeness (QED) is 0.157. The van der Waals surface area contributed by atoms with Gasteiger partial charge in [0, 0.05) is 27.8 Å². The molecule has 0 bridgehead atoms. The van der Waals surface area contributed by atoms with Crippen molar-refractivity contribution >= 4 is 82.1 Å². The van der Waals surface area contributed by atoms with Crippen molar-refractivity contribution in [3.05, 3.63) is 224 Å². The molecule has 0 atom stereocenters. The predicted octanol–water partition coefficient (Wildman–Crippen LogP) is 16.7. The summed E-state index contributed by atoms with van der Waals surface area (Å²) < 4.78 is 6.54. The number of para-hydroxylation sites is 2. The maximum atomic E-state index is 6.54. The van der Waals surface area contributed by atoms with E-state index < -0.39 is 0 Å². The lowest BCUT2D eigenvalue weighted by Gasteiger charge is -2.26. The molecule has 0 aliphatic rings. The second-order valence-electron chi connectivity index (χ2n) is 15.7. The molecular weight excluding hydrogens is 727 g/mol. The minimum atomic E-state index is 0.901. The van der Waals surface area contributed by atoms with Crippen LogP contribution in [0.1, 0.15) is 0 Å². The van der Waals surface area contributed by atoms with Gasteiger partial charge in [-0.2, -0.15) is 0 Å². The van der Waals surface area contributed by atoms with Crippen LogP contribution in [0, 0.1) is 0 Å². The third-order valence-electron chi connectivity index (χ3n) is 12.2. The van der Waals surface area contributed by atoms with Gasteiger partial charge in [-0.15, -0.1) is 0 Å². The van der Waals surface area contributed by atoms with Gasteiger partial charge < -0.3 is 9.32 Å². The van der Waals surface area contributed by atoms with E-state index in [2.05, 4.69) is 223 Å². The van der Waals surface area contributed by atoms with Crippen molar-refractivity contribution in [1.29, 1.82) is 0 Å². The van der Waals surface area contributed by atoms with Gasteiger partial charge in [-0.3, -0.25) is 0 Å². The van der Waals surface area contributed by atoms with Crippen LogP contribution in [0.2, 0.25) is 0 Å². The van der Waals surface area contributed by atoms with Crippen LogP contribution in [0.5, 0.6) is 0 Å². The zero-order valence-corrected chi connectivity index (χ0v) is 32.7. The van der Waals surface area contributed by atoms with E-state index in [-0.39, 0.29) is 0 Å². The van der Waals surface area contributed by atoms with Crippen molar-refractivity contribution in [2.75, 3.05) is 4.90 Å². The third kappa shape index (κ3) is 5.73. The summed E-state index contributed by atoms with van der Waals surface area (Å²) in [6.07, 6.45) is 0. The smallest absolute Gasteiger partial charge is 0.136 e. The Morgan fingerprint density at radius 1 is 0.267 bits per heavy atom. The topological polar surface area (TPSA) is 16.4 Å². The Morgan fingerprint density at radius 2 is 0.783 bits per heavy atom. The number of hydrogen-bond acceptors (Lipinski definition) is 2. The Hall–Kier alpha value is -7.94. The van der Waals surface area contributed by atoms with Crippen LogP contribution in [0.25, 0.3) is 98.4 Å².